The molecule has 0 bridgehead atoms. The molecule has 1 aromatic carbocycles. The number of pyridine rings is 2. The van der Waals surface area contributed by atoms with Crippen molar-refractivity contribution in [1.29, 1.82) is 0 Å². The van der Waals surface area contributed by atoms with Crippen LogP contribution in [0, 0.1) is 5.82 Å². The Bertz CT molecular complexity index is 815. The van der Waals surface area contributed by atoms with Gasteiger partial charge in [-0.25, -0.2) is 4.39 Å². The minimum atomic E-state index is -0.294. The number of aromatic nitrogens is 2. The molecule has 0 atom stereocenters. The largest absolute Gasteiger partial charge is 0.506 e. The summed E-state index contributed by atoms with van der Waals surface area (Å²) in [5.41, 5.74) is 2.96. The predicted molar refractivity (Wildman–Crippen MR) is 80.7 cm³/mol. The van der Waals surface area contributed by atoms with Crippen LogP contribution < -0.4 is 0 Å². The van der Waals surface area contributed by atoms with Crippen molar-refractivity contribution >= 4 is 10.9 Å². The van der Waals surface area contributed by atoms with Gasteiger partial charge in [-0.2, -0.15) is 0 Å². The van der Waals surface area contributed by atoms with Gasteiger partial charge in [0.05, 0.1) is 11.2 Å². The molecule has 2 aromatic heterocycles. The maximum atomic E-state index is 13.3. The highest BCUT2D eigenvalue weighted by atomic mass is 19.1. The second-order valence-electron chi connectivity index (χ2n) is 5.34. The summed E-state index contributed by atoms with van der Waals surface area (Å²) in [5, 5.41) is 10.8. The number of fused-ring (bicyclic) bond motifs is 1. The first kappa shape index (κ1) is 13.5. The summed E-state index contributed by atoms with van der Waals surface area (Å²) in [6, 6.07) is 7.99. The van der Waals surface area contributed by atoms with Gasteiger partial charge in [0.2, 0.25) is 0 Å². The summed E-state index contributed by atoms with van der Waals surface area (Å²) in [7, 11) is 0. The van der Waals surface area contributed by atoms with E-state index in [0.29, 0.717) is 5.69 Å². The molecular weight excluding hydrogens is 267 g/mol. The molecule has 21 heavy (non-hydrogen) atoms. The molecule has 0 aliphatic carbocycles. The van der Waals surface area contributed by atoms with Crippen LogP contribution in [0.3, 0.4) is 0 Å². The first-order valence-electron chi connectivity index (χ1n) is 6.79. The van der Waals surface area contributed by atoms with Crippen molar-refractivity contribution in [3.63, 3.8) is 0 Å². The van der Waals surface area contributed by atoms with Crippen molar-refractivity contribution in [3.05, 3.63) is 54.2 Å². The second-order valence-corrected chi connectivity index (χ2v) is 5.34. The van der Waals surface area contributed by atoms with E-state index in [1.165, 1.54) is 12.1 Å². The fourth-order valence-electron chi connectivity index (χ4n) is 2.33. The smallest absolute Gasteiger partial charge is 0.137 e. The molecule has 4 heteroatoms. The van der Waals surface area contributed by atoms with Crippen LogP contribution in [-0.4, -0.2) is 15.1 Å². The third-order valence-corrected chi connectivity index (χ3v) is 3.42. The van der Waals surface area contributed by atoms with Gasteiger partial charge in [-0.15, -0.1) is 0 Å². The quantitative estimate of drug-likeness (QED) is 0.763. The van der Waals surface area contributed by atoms with E-state index in [9.17, 15) is 9.50 Å². The highest BCUT2D eigenvalue weighted by Crippen LogP contribution is 2.29. The van der Waals surface area contributed by atoms with Crippen molar-refractivity contribution in [2.75, 3.05) is 0 Å². The lowest BCUT2D eigenvalue weighted by Crippen LogP contribution is -1.94. The Morgan fingerprint density at radius 1 is 1.00 bits per heavy atom. The van der Waals surface area contributed by atoms with Crippen LogP contribution in [0.15, 0.2) is 42.7 Å². The molecule has 0 amide bonds. The summed E-state index contributed by atoms with van der Waals surface area (Å²) < 4.78 is 13.3. The topological polar surface area (TPSA) is 46.0 Å². The van der Waals surface area contributed by atoms with Crippen LogP contribution >= 0.6 is 0 Å². The number of benzene rings is 1. The van der Waals surface area contributed by atoms with E-state index in [2.05, 4.69) is 9.97 Å². The molecular formula is C17H15FN2O. The van der Waals surface area contributed by atoms with Gasteiger partial charge in [0.25, 0.3) is 0 Å². The van der Waals surface area contributed by atoms with E-state index in [1.54, 1.807) is 24.5 Å². The molecule has 3 rings (SSSR count). The first-order chi connectivity index (χ1) is 10.0. The number of nitrogens with zero attached hydrogens (tertiary/aromatic N) is 2. The molecule has 0 radical (unpaired) electrons. The Labute approximate surface area is 122 Å². The van der Waals surface area contributed by atoms with Crippen molar-refractivity contribution in [3.8, 4) is 16.9 Å². The van der Waals surface area contributed by atoms with Crippen LogP contribution in [0.1, 0.15) is 25.5 Å². The molecule has 2 heterocycles. The van der Waals surface area contributed by atoms with Crippen molar-refractivity contribution in [2.45, 2.75) is 19.8 Å². The number of halogens is 1. The molecule has 0 unspecified atom stereocenters. The average Bonchev–Trinajstić information content (AvgIpc) is 2.46. The summed E-state index contributed by atoms with van der Waals surface area (Å²) in [6.45, 7) is 3.95. The fraction of sp³-hybridized carbons (Fsp3) is 0.176. The molecule has 0 spiro atoms. The molecule has 0 saturated heterocycles. The third kappa shape index (κ3) is 2.57. The molecule has 0 aliphatic heterocycles. The molecule has 0 fully saturated rings. The Kier molecular flexibility index (Phi) is 3.29. The van der Waals surface area contributed by atoms with Crippen molar-refractivity contribution in [1.82, 2.24) is 9.97 Å². The van der Waals surface area contributed by atoms with Crippen molar-refractivity contribution < 1.29 is 9.50 Å². The SMILES string of the molecule is CC(C)c1ncc(-c2cnc3ccc(F)cc3c2)cc1O. The lowest BCUT2D eigenvalue weighted by atomic mass is 10.0. The molecule has 1 N–H and O–H groups in total. The van der Waals surface area contributed by atoms with Gasteiger partial charge in [0, 0.05) is 28.9 Å². The number of hydrogen-bond donors (Lipinski definition) is 1. The van der Waals surface area contributed by atoms with Gasteiger partial charge < -0.3 is 5.11 Å². The highest BCUT2D eigenvalue weighted by Gasteiger charge is 2.10. The third-order valence-electron chi connectivity index (χ3n) is 3.42. The predicted octanol–water partition coefficient (Wildman–Crippen LogP) is 4.26. The Balaban J connectivity index is 2.09. The van der Waals surface area contributed by atoms with Gasteiger partial charge in [-0.05, 0) is 36.2 Å². The monoisotopic (exact) mass is 282 g/mol. The van der Waals surface area contributed by atoms with Crippen LogP contribution in [0.4, 0.5) is 4.39 Å². The summed E-state index contributed by atoms with van der Waals surface area (Å²) in [5.74, 6) is 0.0299. The van der Waals surface area contributed by atoms with Gasteiger partial charge in [0.1, 0.15) is 11.6 Å². The minimum absolute atomic E-state index is 0.155. The lowest BCUT2D eigenvalue weighted by molar-refractivity contribution is 0.460. The molecule has 0 aliphatic rings. The number of rotatable bonds is 2. The van der Waals surface area contributed by atoms with Gasteiger partial charge >= 0.3 is 0 Å². The van der Waals surface area contributed by atoms with E-state index in [0.717, 1.165) is 22.0 Å². The second kappa shape index (κ2) is 5.13. The van der Waals surface area contributed by atoms with Crippen molar-refractivity contribution in [2.24, 2.45) is 0 Å². The standard InChI is InChI=1S/C17H15FN2O/c1-10(2)17-16(21)7-13(9-20-17)12-5-11-6-14(18)3-4-15(11)19-8-12/h3-10,21H,1-2H3. The highest BCUT2D eigenvalue weighted by molar-refractivity contribution is 5.83. The summed E-state index contributed by atoms with van der Waals surface area (Å²) in [4.78, 5) is 8.61. The molecule has 3 nitrogen and oxygen atoms in total. The molecule has 0 saturated carbocycles. The average molecular weight is 282 g/mol. The normalized spacial score (nSPS) is 11.2. The van der Waals surface area contributed by atoms with Gasteiger partial charge in [0.15, 0.2) is 0 Å². The van der Waals surface area contributed by atoms with E-state index in [-0.39, 0.29) is 17.5 Å². The van der Waals surface area contributed by atoms with E-state index in [4.69, 9.17) is 0 Å². The molecule has 106 valence electrons. The zero-order valence-corrected chi connectivity index (χ0v) is 11.8. The summed E-state index contributed by atoms with van der Waals surface area (Å²) in [6.07, 6.45) is 3.41. The zero-order valence-electron chi connectivity index (χ0n) is 11.8. The maximum Gasteiger partial charge on any atom is 0.137 e. The van der Waals surface area contributed by atoms with Crippen LogP contribution in [0.25, 0.3) is 22.0 Å². The lowest BCUT2D eigenvalue weighted by Gasteiger charge is -2.09. The zero-order chi connectivity index (χ0) is 15.0. The van der Waals surface area contributed by atoms with Crippen LogP contribution in [0.5, 0.6) is 5.75 Å². The van der Waals surface area contributed by atoms with Crippen LogP contribution in [-0.2, 0) is 0 Å². The maximum absolute atomic E-state index is 13.3. The Morgan fingerprint density at radius 3 is 2.43 bits per heavy atom. The number of hydrogen-bond acceptors (Lipinski definition) is 3. The van der Waals surface area contributed by atoms with E-state index < -0.39 is 0 Å². The van der Waals surface area contributed by atoms with Gasteiger partial charge in [-0.3, -0.25) is 9.97 Å². The Hall–Kier alpha value is -2.49. The van der Waals surface area contributed by atoms with E-state index >= 15 is 0 Å². The van der Waals surface area contributed by atoms with Gasteiger partial charge in [-0.1, -0.05) is 13.8 Å². The number of aromatic hydroxyl groups is 1. The fourth-order valence-corrected chi connectivity index (χ4v) is 2.33. The van der Waals surface area contributed by atoms with E-state index in [1.807, 2.05) is 19.9 Å². The summed E-state index contributed by atoms with van der Waals surface area (Å²) >= 11 is 0. The van der Waals surface area contributed by atoms with Crippen LogP contribution in [0.2, 0.25) is 0 Å². The molecule has 3 aromatic rings. The minimum Gasteiger partial charge on any atom is -0.506 e. The Morgan fingerprint density at radius 2 is 1.71 bits per heavy atom. The first-order valence-corrected chi connectivity index (χ1v) is 6.79.